The third kappa shape index (κ3) is 4.76. The number of tetrazole rings is 1. The summed E-state index contributed by atoms with van der Waals surface area (Å²) in [5, 5.41) is 11.0. The van der Waals surface area contributed by atoms with Crippen molar-refractivity contribution in [1.29, 1.82) is 0 Å². The molecule has 0 spiro atoms. The van der Waals surface area contributed by atoms with Gasteiger partial charge in [-0.1, -0.05) is 11.8 Å². The molecule has 22 heavy (non-hydrogen) atoms. The number of hydrogen-bond acceptors (Lipinski definition) is 6. The first-order valence-electron chi connectivity index (χ1n) is 6.07. The second-order valence-electron chi connectivity index (χ2n) is 4.32. The van der Waals surface area contributed by atoms with Gasteiger partial charge in [0.05, 0.1) is 18.6 Å². The predicted octanol–water partition coefficient (Wildman–Crippen LogP) is 1.49. The van der Waals surface area contributed by atoms with Crippen LogP contribution in [0.5, 0.6) is 0 Å². The molecule has 0 N–H and O–H groups in total. The first-order valence-corrected chi connectivity index (χ1v) is 7.06. The molecule has 2 rings (SSSR count). The van der Waals surface area contributed by atoms with Gasteiger partial charge in [0.15, 0.2) is 0 Å². The summed E-state index contributed by atoms with van der Waals surface area (Å²) < 4.78 is 44.1. The van der Waals surface area contributed by atoms with E-state index in [-0.39, 0.29) is 18.1 Å². The van der Waals surface area contributed by atoms with Crippen molar-refractivity contribution in [3.8, 4) is 0 Å². The van der Waals surface area contributed by atoms with Crippen LogP contribution in [0.15, 0.2) is 28.0 Å². The quantitative estimate of drug-likeness (QED) is 0.745. The van der Waals surface area contributed by atoms with E-state index in [4.69, 9.17) is 4.42 Å². The van der Waals surface area contributed by atoms with Gasteiger partial charge < -0.3 is 9.32 Å². The molecule has 0 aliphatic rings. The third-order valence-corrected chi connectivity index (χ3v) is 3.55. The molecule has 2 aromatic rings. The second kappa shape index (κ2) is 6.81. The highest BCUT2D eigenvalue weighted by Crippen LogP contribution is 2.20. The van der Waals surface area contributed by atoms with Gasteiger partial charge in [-0.3, -0.25) is 4.79 Å². The molecular formula is C11H12F3N5O2S. The lowest BCUT2D eigenvalue weighted by Crippen LogP contribution is -2.39. The number of alkyl halides is 3. The number of amides is 1. The van der Waals surface area contributed by atoms with Gasteiger partial charge in [-0.05, 0) is 22.6 Å². The number of rotatable bonds is 6. The molecule has 0 bridgehead atoms. The summed E-state index contributed by atoms with van der Waals surface area (Å²) in [4.78, 5) is 12.7. The molecule has 120 valence electrons. The van der Waals surface area contributed by atoms with Crippen LogP contribution < -0.4 is 0 Å². The maximum Gasteiger partial charge on any atom is 0.406 e. The molecule has 1 amide bonds. The number of aryl methyl sites for hydroxylation is 1. The molecule has 0 atom stereocenters. The zero-order valence-electron chi connectivity index (χ0n) is 11.4. The van der Waals surface area contributed by atoms with Gasteiger partial charge in [0, 0.05) is 7.05 Å². The molecule has 2 aromatic heterocycles. The molecule has 11 heteroatoms. The highest BCUT2D eigenvalue weighted by atomic mass is 32.2. The lowest BCUT2D eigenvalue weighted by atomic mass is 10.3. The standard InChI is InChI=1S/C11H12F3N5O2S/c1-18-10(15-16-17-18)22-6-9(20)19(7-11(12,13)14)5-8-3-2-4-21-8/h2-4H,5-7H2,1H3. The van der Waals surface area contributed by atoms with Crippen LogP contribution >= 0.6 is 11.8 Å². The van der Waals surface area contributed by atoms with E-state index in [1.807, 2.05) is 0 Å². The molecule has 0 unspecified atom stereocenters. The lowest BCUT2D eigenvalue weighted by Gasteiger charge is -2.22. The number of hydrogen-bond donors (Lipinski definition) is 0. The van der Waals surface area contributed by atoms with Crippen LogP contribution in [0.25, 0.3) is 0 Å². The molecule has 0 aromatic carbocycles. The third-order valence-electron chi connectivity index (χ3n) is 2.56. The van der Waals surface area contributed by atoms with Gasteiger partial charge in [-0.2, -0.15) is 13.2 Å². The van der Waals surface area contributed by atoms with E-state index in [1.165, 1.54) is 17.0 Å². The Labute approximate surface area is 127 Å². The summed E-state index contributed by atoms with van der Waals surface area (Å²) in [6.07, 6.45) is -3.15. The van der Waals surface area contributed by atoms with Gasteiger partial charge >= 0.3 is 6.18 Å². The van der Waals surface area contributed by atoms with Crippen LogP contribution in [0.4, 0.5) is 13.2 Å². The number of carbonyl (C=O) groups is 1. The van der Waals surface area contributed by atoms with Crippen LogP contribution in [-0.2, 0) is 18.4 Å². The molecular weight excluding hydrogens is 323 g/mol. The van der Waals surface area contributed by atoms with Gasteiger partial charge in [0.2, 0.25) is 11.1 Å². The zero-order valence-corrected chi connectivity index (χ0v) is 12.3. The van der Waals surface area contributed by atoms with Crippen molar-refractivity contribution >= 4 is 17.7 Å². The largest absolute Gasteiger partial charge is 0.467 e. The van der Waals surface area contributed by atoms with E-state index in [9.17, 15) is 18.0 Å². The van der Waals surface area contributed by atoms with Gasteiger partial charge in [-0.15, -0.1) is 5.10 Å². The fourth-order valence-corrected chi connectivity index (χ4v) is 2.35. The van der Waals surface area contributed by atoms with Crippen LogP contribution in [-0.4, -0.2) is 49.5 Å². The average Bonchev–Trinajstić information content (AvgIpc) is 3.05. The van der Waals surface area contributed by atoms with E-state index < -0.39 is 18.6 Å². The molecule has 7 nitrogen and oxygen atoms in total. The minimum absolute atomic E-state index is 0.203. The zero-order chi connectivity index (χ0) is 16.2. The Morgan fingerprint density at radius 3 is 2.82 bits per heavy atom. The molecule has 2 heterocycles. The number of aromatic nitrogens is 4. The van der Waals surface area contributed by atoms with Gasteiger partial charge in [-0.25, -0.2) is 4.68 Å². The summed E-state index contributed by atoms with van der Waals surface area (Å²) in [6.45, 7) is -1.59. The Hall–Kier alpha value is -2.04. The van der Waals surface area contributed by atoms with Crippen molar-refractivity contribution in [1.82, 2.24) is 25.1 Å². The van der Waals surface area contributed by atoms with E-state index in [0.29, 0.717) is 10.1 Å². The van der Waals surface area contributed by atoms with Crippen LogP contribution in [0.1, 0.15) is 5.76 Å². The summed E-state index contributed by atoms with van der Waals surface area (Å²) >= 11 is 0.966. The fraction of sp³-hybridized carbons (Fsp3) is 0.455. The van der Waals surface area contributed by atoms with Gasteiger partial charge in [0.1, 0.15) is 12.3 Å². The summed E-state index contributed by atoms with van der Waals surface area (Å²) in [5.74, 6) is -0.602. The minimum Gasteiger partial charge on any atom is -0.467 e. The Morgan fingerprint density at radius 2 is 2.27 bits per heavy atom. The smallest absolute Gasteiger partial charge is 0.406 e. The molecule has 0 saturated carbocycles. The van der Waals surface area contributed by atoms with Crippen molar-refractivity contribution in [3.05, 3.63) is 24.2 Å². The molecule has 0 aliphatic heterocycles. The average molecular weight is 335 g/mol. The van der Waals surface area contributed by atoms with E-state index in [2.05, 4.69) is 15.5 Å². The Bertz CT molecular complexity index is 614. The van der Waals surface area contributed by atoms with Crippen molar-refractivity contribution < 1.29 is 22.4 Å². The van der Waals surface area contributed by atoms with Crippen molar-refractivity contribution in [2.45, 2.75) is 17.9 Å². The first-order chi connectivity index (χ1) is 10.3. The van der Waals surface area contributed by atoms with Crippen LogP contribution in [0, 0.1) is 0 Å². The SMILES string of the molecule is Cn1nnnc1SCC(=O)N(Cc1ccco1)CC(F)(F)F. The Morgan fingerprint density at radius 1 is 1.50 bits per heavy atom. The van der Waals surface area contributed by atoms with Crippen molar-refractivity contribution in [2.24, 2.45) is 7.05 Å². The summed E-state index contributed by atoms with van der Waals surface area (Å²) in [5.41, 5.74) is 0. The van der Waals surface area contributed by atoms with Gasteiger partial charge in [0.25, 0.3) is 0 Å². The van der Waals surface area contributed by atoms with E-state index in [0.717, 1.165) is 11.8 Å². The maximum absolute atomic E-state index is 12.6. The normalized spacial score (nSPS) is 11.6. The van der Waals surface area contributed by atoms with Crippen LogP contribution in [0.3, 0.4) is 0 Å². The number of carbonyl (C=O) groups excluding carboxylic acids is 1. The lowest BCUT2D eigenvalue weighted by molar-refractivity contribution is -0.161. The summed E-state index contributed by atoms with van der Waals surface area (Å²) in [7, 11) is 1.57. The highest BCUT2D eigenvalue weighted by molar-refractivity contribution is 7.99. The minimum atomic E-state index is -4.49. The molecule has 0 fully saturated rings. The van der Waals surface area contributed by atoms with Crippen molar-refractivity contribution in [3.63, 3.8) is 0 Å². The Kier molecular flexibility index (Phi) is 5.06. The molecule has 0 saturated heterocycles. The predicted molar refractivity (Wildman–Crippen MR) is 69.7 cm³/mol. The summed E-state index contributed by atoms with van der Waals surface area (Å²) in [6, 6.07) is 3.06. The topological polar surface area (TPSA) is 77.1 Å². The highest BCUT2D eigenvalue weighted by Gasteiger charge is 2.33. The molecule has 0 radical (unpaired) electrons. The number of furan rings is 1. The number of halogens is 3. The fourth-order valence-electron chi connectivity index (χ4n) is 1.60. The van der Waals surface area contributed by atoms with Crippen molar-refractivity contribution in [2.75, 3.05) is 12.3 Å². The number of nitrogens with zero attached hydrogens (tertiary/aromatic N) is 5. The van der Waals surface area contributed by atoms with E-state index in [1.54, 1.807) is 13.1 Å². The Balaban J connectivity index is 2.00. The second-order valence-corrected chi connectivity index (χ2v) is 5.26. The maximum atomic E-state index is 12.6. The molecule has 0 aliphatic carbocycles. The first kappa shape index (κ1) is 16.3. The van der Waals surface area contributed by atoms with Crippen LogP contribution in [0.2, 0.25) is 0 Å². The number of thioether (sulfide) groups is 1. The van der Waals surface area contributed by atoms with E-state index >= 15 is 0 Å². The monoisotopic (exact) mass is 335 g/mol.